The van der Waals surface area contributed by atoms with Gasteiger partial charge in [-0.3, -0.25) is 0 Å². The number of nitrogens with one attached hydrogen (secondary N) is 2. The van der Waals surface area contributed by atoms with Crippen molar-refractivity contribution >= 4 is 6.03 Å². The number of halogens is 3. The van der Waals surface area contributed by atoms with Gasteiger partial charge in [0.1, 0.15) is 11.6 Å². The van der Waals surface area contributed by atoms with E-state index >= 15 is 0 Å². The highest BCUT2D eigenvalue weighted by Crippen LogP contribution is 2.23. The number of ether oxygens (including phenoxy) is 1. The molecule has 20 heavy (non-hydrogen) atoms. The van der Waals surface area contributed by atoms with Crippen molar-refractivity contribution in [3.05, 3.63) is 29.6 Å². The van der Waals surface area contributed by atoms with Crippen molar-refractivity contribution in [3.8, 4) is 5.75 Å². The van der Waals surface area contributed by atoms with Crippen molar-refractivity contribution in [3.63, 3.8) is 0 Å². The van der Waals surface area contributed by atoms with Crippen LogP contribution in [0.2, 0.25) is 0 Å². The molecule has 0 heterocycles. The number of benzene rings is 1. The van der Waals surface area contributed by atoms with E-state index in [4.69, 9.17) is 5.11 Å². The van der Waals surface area contributed by atoms with Crippen molar-refractivity contribution in [1.29, 1.82) is 0 Å². The van der Waals surface area contributed by atoms with Gasteiger partial charge in [-0.25, -0.2) is 9.18 Å². The highest BCUT2D eigenvalue weighted by atomic mass is 19.3. The van der Waals surface area contributed by atoms with Crippen LogP contribution in [0.3, 0.4) is 0 Å². The topological polar surface area (TPSA) is 70.6 Å². The number of rotatable bonds is 6. The number of carbonyl (C=O) groups is 1. The maximum atomic E-state index is 13.5. The van der Waals surface area contributed by atoms with Crippen LogP contribution < -0.4 is 15.4 Å². The Morgan fingerprint density at radius 1 is 1.45 bits per heavy atom. The van der Waals surface area contributed by atoms with Crippen molar-refractivity contribution < 1.29 is 27.8 Å². The highest BCUT2D eigenvalue weighted by Gasteiger charge is 2.14. The minimum absolute atomic E-state index is 0.181. The van der Waals surface area contributed by atoms with Gasteiger partial charge >= 0.3 is 12.6 Å². The van der Waals surface area contributed by atoms with Gasteiger partial charge in [-0.2, -0.15) is 8.78 Å². The number of alkyl halides is 2. The molecular weight excluding hydrogens is 277 g/mol. The number of hydrogen-bond acceptors (Lipinski definition) is 3. The molecule has 0 radical (unpaired) electrons. The molecule has 3 N–H and O–H groups in total. The van der Waals surface area contributed by atoms with E-state index < -0.39 is 24.5 Å². The summed E-state index contributed by atoms with van der Waals surface area (Å²) in [6, 6.07) is 2.35. The first-order valence-electron chi connectivity index (χ1n) is 5.81. The van der Waals surface area contributed by atoms with Gasteiger partial charge in [0.15, 0.2) is 0 Å². The van der Waals surface area contributed by atoms with Crippen LogP contribution in [0, 0.1) is 5.82 Å². The van der Waals surface area contributed by atoms with Crippen molar-refractivity contribution in [2.75, 3.05) is 6.61 Å². The van der Waals surface area contributed by atoms with Crippen LogP contribution in [-0.4, -0.2) is 30.4 Å². The van der Waals surface area contributed by atoms with Crippen LogP contribution in [-0.2, 0) is 6.54 Å². The molecule has 1 atom stereocenters. The fourth-order valence-electron chi connectivity index (χ4n) is 1.41. The Hall–Kier alpha value is -1.96. The summed E-state index contributed by atoms with van der Waals surface area (Å²) < 4.78 is 42.1. The quantitative estimate of drug-likeness (QED) is 0.746. The summed E-state index contributed by atoms with van der Waals surface area (Å²) in [5.41, 5.74) is -0.181. The lowest BCUT2D eigenvalue weighted by atomic mass is 10.2. The monoisotopic (exact) mass is 292 g/mol. The lowest BCUT2D eigenvalue weighted by Crippen LogP contribution is -2.42. The van der Waals surface area contributed by atoms with Gasteiger partial charge < -0.3 is 20.5 Å². The summed E-state index contributed by atoms with van der Waals surface area (Å²) in [7, 11) is 0. The molecule has 8 heteroatoms. The molecule has 0 aliphatic heterocycles. The first-order chi connectivity index (χ1) is 9.43. The summed E-state index contributed by atoms with van der Waals surface area (Å²) in [4.78, 5) is 11.4. The van der Waals surface area contributed by atoms with E-state index in [1.165, 1.54) is 12.1 Å². The third-order valence-corrected chi connectivity index (χ3v) is 2.37. The zero-order valence-electron chi connectivity index (χ0n) is 10.7. The molecule has 1 aromatic carbocycles. The second-order valence-corrected chi connectivity index (χ2v) is 4.01. The van der Waals surface area contributed by atoms with Crippen molar-refractivity contribution in [2.45, 2.75) is 26.1 Å². The molecule has 1 rings (SSSR count). The summed E-state index contributed by atoms with van der Waals surface area (Å²) >= 11 is 0. The number of aliphatic hydroxyl groups is 1. The minimum atomic E-state index is -3.08. The fraction of sp³-hybridized carbons (Fsp3) is 0.417. The predicted octanol–water partition coefficient (Wildman–Crippen LogP) is 1.61. The van der Waals surface area contributed by atoms with Crippen LogP contribution in [0.25, 0.3) is 0 Å². The van der Waals surface area contributed by atoms with E-state index in [1.54, 1.807) is 6.92 Å². The summed E-state index contributed by atoms with van der Waals surface area (Å²) in [5.74, 6) is -1.10. The maximum absolute atomic E-state index is 13.5. The molecule has 0 spiro atoms. The molecule has 0 bridgehead atoms. The van der Waals surface area contributed by atoms with Gasteiger partial charge in [0.2, 0.25) is 0 Å². The Kier molecular flexibility index (Phi) is 6.10. The molecule has 5 nitrogen and oxygen atoms in total. The Morgan fingerprint density at radius 2 is 2.15 bits per heavy atom. The van der Waals surface area contributed by atoms with Gasteiger partial charge in [0, 0.05) is 5.56 Å². The number of hydrogen-bond donors (Lipinski definition) is 3. The molecule has 0 fully saturated rings. The average molecular weight is 292 g/mol. The standard InChI is InChI=1S/C12H15F3N2O3/c1-7(6-18)17-12(19)16-5-8-9(13)3-2-4-10(8)20-11(14)15/h2-4,7,11,18H,5-6H2,1H3,(H2,16,17,19). The summed E-state index contributed by atoms with van der Waals surface area (Å²) in [6.45, 7) is -2.10. The van der Waals surface area contributed by atoms with E-state index in [0.29, 0.717) is 0 Å². The van der Waals surface area contributed by atoms with Crippen LogP contribution in [0.15, 0.2) is 18.2 Å². The van der Waals surface area contributed by atoms with E-state index in [0.717, 1.165) is 6.07 Å². The van der Waals surface area contributed by atoms with Crippen LogP contribution >= 0.6 is 0 Å². The molecule has 1 unspecified atom stereocenters. The molecule has 0 aliphatic rings. The second-order valence-electron chi connectivity index (χ2n) is 4.01. The zero-order valence-corrected chi connectivity index (χ0v) is 10.7. The van der Waals surface area contributed by atoms with E-state index in [9.17, 15) is 18.0 Å². The largest absolute Gasteiger partial charge is 0.434 e. The van der Waals surface area contributed by atoms with Crippen molar-refractivity contribution in [2.24, 2.45) is 0 Å². The molecule has 1 aromatic rings. The van der Waals surface area contributed by atoms with E-state index in [-0.39, 0.29) is 24.5 Å². The van der Waals surface area contributed by atoms with Crippen LogP contribution in [0.5, 0.6) is 5.75 Å². The van der Waals surface area contributed by atoms with Gasteiger partial charge in [-0.05, 0) is 19.1 Å². The Labute approximate surface area is 113 Å². The van der Waals surface area contributed by atoms with E-state index in [1.807, 2.05) is 0 Å². The van der Waals surface area contributed by atoms with Gasteiger partial charge in [-0.15, -0.1) is 0 Å². The Bertz CT molecular complexity index is 458. The van der Waals surface area contributed by atoms with Gasteiger partial charge in [0.25, 0.3) is 0 Å². The first kappa shape index (κ1) is 16.1. The SMILES string of the molecule is CC(CO)NC(=O)NCc1c(F)cccc1OC(F)F. The van der Waals surface area contributed by atoms with Crippen molar-refractivity contribution in [1.82, 2.24) is 10.6 Å². The lowest BCUT2D eigenvalue weighted by molar-refractivity contribution is -0.0506. The maximum Gasteiger partial charge on any atom is 0.387 e. The Morgan fingerprint density at radius 3 is 2.75 bits per heavy atom. The number of urea groups is 1. The van der Waals surface area contributed by atoms with Crippen LogP contribution in [0.1, 0.15) is 12.5 Å². The Balaban J connectivity index is 2.69. The summed E-state index contributed by atoms with van der Waals surface area (Å²) in [6.07, 6.45) is 0. The molecule has 0 saturated carbocycles. The van der Waals surface area contributed by atoms with Gasteiger partial charge in [0.05, 0.1) is 19.2 Å². The lowest BCUT2D eigenvalue weighted by Gasteiger charge is -2.14. The average Bonchev–Trinajstić information content (AvgIpc) is 2.37. The van der Waals surface area contributed by atoms with Gasteiger partial charge in [-0.1, -0.05) is 6.07 Å². The minimum Gasteiger partial charge on any atom is -0.434 e. The molecule has 2 amide bonds. The molecule has 0 aliphatic carbocycles. The third kappa shape index (κ3) is 4.96. The second kappa shape index (κ2) is 7.59. The number of amides is 2. The first-order valence-corrected chi connectivity index (χ1v) is 5.81. The van der Waals surface area contributed by atoms with E-state index in [2.05, 4.69) is 15.4 Å². The molecule has 0 saturated heterocycles. The molecule has 112 valence electrons. The summed E-state index contributed by atoms with van der Waals surface area (Å²) in [5, 5.41) is 13.4. The fourth-order valence-corrected chi connectivity index (χ4v) is 1.41. The number of carbonyl (C=O) groups excluding carboxylic acids is 1. The molecule has 0 aromatic heterocycles. The third-order valence-electron chi connectivity index (χ3n) is 2.37. The van der Waals surface area contributed by atoms with Crippen LogP contribution in [0.4, 0.5) is 18.0 Å². The smallest absolute Gasteiger partial charge is 0.387 e. The highest BCUT2D eigenvalue weighted by molar-refractivity contribution is 5.74. The normalized spacial score (nSPS) is 12.1. The predicted molar refractivity (Wildman–Crippen MR) is 65.0 cm³/mol. The molecular formula is C12H15F3N2O3. The number of aliphatic hydroxyl groups excluding tert-OH is 1. The zero-order chi connectivity index (χ0) is 15.1.